The zero-order valence-electron chi connectivity index (χ0n) is 16.7. The van der Waals surface area contributed by atoms with Crippen LogP contribution in [-0.4, -0.2) is 43.0 Å². The molecule has 1 heterocycles. The third-order valence-electron chi connectivity index (χ3n) is 6.21. The molecule has 2 N–H and O–H groups in total. The zero-order chi connectivity index (χ0) is 20.5. The normalized spacial score (nSPS) is 26.5. The minimum Gasteiger partial charge on any atom is -0.352 e. The quantitative estimate of drug-likeness (QED) is 0.774. The summed E-state index contributed by atoms with van der Waals surface area (Å²) < 4.78 is 38.1. The van der Waals surface area contributed by atoms with Gasteiger partial charge in [0, 0.05) is 25.7 Å². The minimum atomic E-state index is -4.30. The zero-order valence-corrected chi connectivity index (χ0v) is 16.7. The molecule has 2 aliphatic rings. The summed E-state index contributed by atoms with van der Waals surface area (Å²) in [5, 5.41) is 6.33. The van der Waals surface area contributed by atoms with Crippen LogP contribution in [0.1, 0.15) is 37.8 Å². The van der Waals surface area contributed by atoms with Gasteiger partial charge in [-0.05, 0) is 55.3 Å². The highest BCUT2D eigenvalue weighted by molar-refractivity contribution is 5.82. The third kappa shape index (κ3) is 4.69. The molecular formula is C21H30F3N3O. The second kappa shape index (κ2) is 8.41. The van der Waals surface area contributed by atoms with Crippen molar-refractivity contribution < 1.29 is 18.0 Å². The van der Waals surface area contributed by atoms with E-state index < -0.39 is 11.7 Å². The van der Waals surface area contributed by atoms with Gasteiger partial charge in [-0.1, -0.05) is 26.0 Å². The predicted octanol–water partition coefficient (Wildman–Crippen LogP) is 3.28. The van der Waals surface area contributed by atoms with Crippen LogP contribution in [-0.2, 0) is 17.5 Å². The number of carbonyl (C=O) groups is 1. The highest BCUT2D eigenvalue weighted by Crippen LogP contribution is 2.39. The largest absolute Gasteiger partial charge is 0.416 e. The van der Waals surface area contributed by atoms with E-state index in [1.807, 2.05) is 20.9 Å². The molecule has 28 heavy (non-hydrogen) atoms. The van der Waals surface area contributed by atoms with E-state index in [2.05, 4.69) is 15.5 Å². The standard InChI is InChI=1S/C21H30F3N3O/c1-13(2)19(25-3)20(28)26-18-9-6-15-11-27(12-17(15)18)10-14-4-7-16(8-5-14)21(22,23)24/h4-5,7-8,13,15,17-19,25H,6,9-12H2,1-3H3,(H,26,28)/t15-,17?,18?,19?/m0/s1. The number of rotatable bonds is 6. The Labute approximate surface area is 164 Å². The summed E-state index contributed by atoms with van der Waals surface area (Å²) in [6.07, 6.45) is -2.20. The van der Waals surface area contributed by atoms with Gasteiger partial charge in [-0.3, -0.25) is 9.69 Å². The van der Waals surface area contributed by atoms with Gasteiger partial charge in [-0.15, -0.1) is 0 Å². The average Bonchev–Trinajstić information content (AvgIpc) is 3.16. The van der Waals surface area contributed by atoms with Crippen molar-refractivity contribution >= 4 is 5.91 Å². The van der Waals surface area contributed by atoms with E-state index in [4.69, 9.17) is 0 Å². The molecule has 1 aliphatic carbocycles. The summed E-state index contributed by atoms with van der Waals surface area (Å²) in [5.74, 6) is 1.25. The Bertz CT molecular complexity index is 674. The van der Waals surface area contributed by atoms with Crippen molar-refractivity contribution in [3.05, 3.63) is 35.4 Å². The lowest BCUT2D eigenvalue weighted by Gasteiger charge is -2.26. The van der Waals surface area contributed by atoms with E-state index in [9.17, 15) is 18.0 Å². The van der Waals surface area contributed by atoms with Crippen LogP contribution in [0.4, 0.5) is 13.2 Å². The molecule has 7 heteroatoms. The summed E-state index contributed by atoms with van der Waals surface area (Å²) in [4.78, 5) is 14.9. The summed E-state index contributed by atoms with van der Waals surface area (Å²) in [6.45, 7) is 6.52. The number of hydrogen-bond acceptors (Lipinski definition) is 3. The lowest BCUT2D eigenvalue weighted by atomic mass is 9.97. The van der Waals surface area contributed by atoms with Crippen LogP contribution in [0.5, 0.6) is 0 Å². The number of nitrogens with zero attached hydrogens (tertiary/aromatic N) is 1. The number of benzene rings is 1. The van der Waals surface area contributed by atoms with Gasteiger partial charge in [0.25, 0.3) is 0 Å². The van der Waals surface area contributed by atoms with E-state index in [0.717, 1.165) is 43.6 Å². The maximum Gasteiger partial charge on any atom is 0.416 e. The lowest BCUT2D eigenvalue weighted by molar-refractivity contribution is -0.137. The van der Waals surface area contributed by atoms with Crippen LogP contribution < -0.4 is 10.6 Å². The second-order valence-corrected chi connectivity index (χ2v) is 8.52. The first-order chi connectivity index (χ1) is 13.2. The molecule has 1 saturated heterocycles. The molecule has 1 aromatic rings. The Morgan fingerprint density at radius 1 is 1.18 bits per heavy atom. The maximum atomic E-state index is 12.7. The van der Waals surface area contributed by atoms with Gasteiger partial charge in [-0.25, -0.2) is 0 Å². The molecule has 3 rings (SSSR count). The van der Waals surface area contributed by atoms with Crippen LogP contribution in [0.25, 0.3) is 0 Å². The number of alkyl halides is 3. The number of fused-ring (bicyclic) bond motifs is 1. The molecule has 0 bridgehead atoms. The molecule has 1 aliphatic heterocycles. The Morgan fingerprint density at radius 2 is 1.86 bits per heavy atom. The monoisotopic (exact) mass is 397 g/mol. The fourth-order valence-corrected chi connectivity index (χ4v) is 4.76. The van der Waals surface area contributed by atoms with E-state index in [1.165, 1.54) is 0 Å². The predicted molar refractivity (Wildman–Crippen MR) is 103 cm³/mol. The number of amides is 1. The molecule has 0 radical (unpaired) electrons. The van der Waals surface area contributed by atoms with Crippen LogP contribution in [0.2, 0.25) is 0 Å². The number of likely N-dealkylation sites (tertiary alicyclic amines) is 1. The number of likely N-dealkylation sites (N-methyl/N-ethyl adjacent to an activating group) is 1. The van der Waals surface area contributed by atoms with Crippen molar-refractivity contribution in [3.63, 3.8) is 0 Å². The summed E-state index contributed by atoms with van der Waals surface area (Å²) in [5.41, 5.74) is 0.283. The highest BCUT2D eigenvalue weighted by atomic mass is 19.4. The molecule has 4 atom stereocenters. The second-order valence-electron chi connectivity index (χ2n) is 8.52. The number of nitrogens with one attached hydrogen (secondary N) is 2. The van der Waals surface area contributed by atoms with Gasteiger partial charge in [0.15, 0.2) is 0 Å². The topological polar surface area (TPSA) is 44.4 Å². The first-order valence-corrected chi connectivity index (χ1v) is 10.0. The number of halogens is 3. The van der Waals surface area contributed by atoms with Gasteiger partial charge < -0.3 is 10.6 Å². The molecule has 1 saturated carbocycles. The summed E-state index contributed by atoms with van der Waals surface area (Å²) in [6, 6.07) is 5.43. The average molecular weight is 397 g/mol. The van der Waals surface area contributed by atoms with E-state index >= 15 is 0 Å². The third-order valence-corrected chi connectivity index (χ3v) is 6.21. The van der Waals surface area contributed by atoms with E-state index in [0.29, 0.717) is 18.4 Å². The fraction of sp³-hybridized carbons (Fsp3) is 0.667. The highest BCUT2D eigenvalue weighted by Gasteiger charge is 2.43. The Hall–Kier alpha value is -1.60. The van der Waals surface area contributed by atoms with Gasteiger partial charge in [0.1, 0.15) is 0 Å². The molecule has 0 aromatic heterocycles. The SMILES string of the molecule is CNC(C(=O)NC1CC[C@H]2CN(Cc3ccc(C(F)(F)F)cc3)CC12)C(C)C. The van der Waals surface area contributed by atoms with Crippen molar-refractivity contribution in [2.45, 2.75) is 51.5 Å². The molecule has 3 unspecified atom stereocenters. The van der Waals surface area contributed by atoms with Gasteiger partial charge in [0.2, 0.25) is 5.91 Å². The Kier molecular flexibility index (Phi) is 6.34. The van der Waals surface area contributed by atoms with Crippen molar-refractivity contribution in [1.82, 2.24) is 15.5 Å². The van der Waals surface area contributed by atoms with Crippen molar-refractivity contribution in [2.75, 3.05) is 20.1 Å². The Morgan fingerprint density at radius 3 is 2.43 bits per heavy atom. The van der Waals surface area contributed by atoms with Crippen molar-refractivity contribution in [3.8, 4) is 0 Å². The van der Waals surface area contributed by atoms with Crippen molar-refractivity contribution in [1.29, 1.82) is 0 Å². The molecule has 2 fully saturated rings. The molecule has 1 amide bonds. The number of carbonyl (C=O) groups excluding carboxylic acids is 1. The van der Waals surface area contributed by atoms with Crippen molar-refractivity contribution in [2.24, 2.45) is 17.8 Å². The van der Waals surface area contributed by atoms with Gasteiger partial charge in [-0.2, -0.15) is 13.2 Å². The maximum absolute atomic E-state index is 12.7. The minimum absolute atomic E-state index is 0.0596. The molecule has 4 nitrogen and oxygen atoms in total. The Balaban J connectivity index is 1.56. The first-order valence-electron chi connectivity index (χ1n) is 10.0. The molecule has 1 aromatic carbocycles. The van der Waals surface area contributed by atoms with Crippen LogP contribution in [0.15, 0.2) is 24.3 Å². The van der Waals surface area contributed by atoms with E-state index in [-0.39, 0.29) is 23.9 Å². The van der Waals surface area contributed by atoms with Crippen LogP contribution in [0, 0.1) is 17.8 Å². The number of hydrogen-bond donors (Lipinski definition) is 2. The molecule has 156 valence electrons. The smallest absolute Gasteiger partial charge is 0.352 e. The molecular weight excluding hydrogens is 367 g/mol. The fourth-order valence-electron chi connectivity index (χ4n) is 4.76. The van der Waals surface area contributed by atoms with Gasteiger partial charge in [0.05, 0.1) is 11.6 Å². The van der Waals surface area contributed by atoms with Gasteiger partial charge >= 0.3 is 6.18 Å². The van der Waals surface area contributed by atoms with Crippen LogP contribution in [0.3, 0.4) is 0 Å². The lowest BCUT2D eigenvalue weighted by Crippen LogP contribution is -2.50. The van der Waals surface area contributed by atoms with Crippen LogP contribution >= 0.6 is 0 Å². The first kappa shape index (κ1) is 21.1. The summed E-state index contributed by atoms with van der Waals surface area (Å²) in [7, 11) is 1.81. The van der Waals surface area contributed by atoms with E-state index in [1.54, 1.807) is 12.1 Å². The summed E-state index contributed by atoms with van der Waals surface area (Å²) >= 11 is 0. The molecule has 0 spiro atoms.